The molecule has 18 heavy (non-hydrogen) atoms. The van der Waals surface area contributed by atoms with Gasteiger partial charge in [-0.2, -0.15) is 0 Å². The summed E-state index contributed by atoms with van der Waals surface area (Å²) in [5, 5.41) is 9.91. The number of carbonyl (C=O) groups excluding carboxylic acids is 2. The first-order valence-corrected chi connectivity index (χ1v) is 5.36. The minimum absolute atomic E-state index is 0.254. The van der Waals surface area contributed by atoms with Crippen molar-refractivity contribution in [3.05, 3.63) is 18.5 Å². The van der Waals surface area contributed by atoms with E-state index in [0.717, 1.165) is 0 Å². The van der Waals surface area contributed by atoms with Crippen LogP contribution in [0.4, 0.5) is 16.3 Å². The molecule has 2 aromatic heterocycles. The molecule has 1 fully saturated rings. The zero-order chi connectivity index (χ0) is 12.7. The summed E-state index contributed by atoms with van der Waals surface area (Å²) in [6.07, 6.45) is 1.75. The largest absolute Gasteiger partial charge is 0.399 e. The van der Waals surface area contributed by atoms with Crippen molar-refractivity contribution in [1.29, 1.82) is 0 Å². The molecule has 8 heteroatoms. The van der Waals surface area contributed by atoms with Crippen molar-refractivity contribution in [2.24, 2.45) is 0 Å². The average molecular weight is 246 g/mol. The molecular formula is C10H10N6O2. The molecule has 1 aliphatic rings. The lowest BCUT2D eigenvalue weighted by atomic mass is 10.3. The molecule has 3 rings (SSSR count). The third-order valence-electron chi connectivity index (χ3n) is 2.74. The maximum Gasteiger partial charge on any atom is 0.329 e. The van der Waals surface area contributed by atoms with E-state index in [-0.39, 0.29) is 12.3 Å². The first kappa shape index (κ1) is 10.5. The molecule has 0 saturated carbocycles. The number of anilines is 2. The van der Waals surface area contributed by atoms with Crippen LogP contribution in [-0.2, 0) is 4.79 Å². The fraction of sp³-hybridized carbons (Fsp3) is 0.200. The Morgan fingerprint density at radius 3 is 2.94 bits per heavy atom. The number of nitrogen functional groups attached to an aromatic ring is 1. The molecule has 8 nitrogen and oxygen atoms in total. The minimum Gasteiger partial charge on any atom is -0.399 e. The van der Waals surface area contributed by atoms with Crippen molar-refractivity contribution < 1.29 is 9.59 Å². The summed E-state index contributed by atoms with van der Waals surface area (Å²) >= 11 is 0. The summed E-state index contributed by atoms with van der Waals surface area (Å²) in [5.41, 5.74) is 6.79. The number of urea groups is 1. The fourth-order valence-electron chi connectivity index (χ4n) is 1.92. The number of fused-ring (bicyclic) bond motifs is 1. The third-order valence-corrected chi connectivity index (χ3v) is 2.74. The number of pyridine rings is 1. The molecule has 92 valence electrons. The van der Waals surface area contributed by atoms with E-state index in [1.165, 1.54) is 11.2 Å². The summed E-state index contributed by atoms with van der Waals surface area (Å²) in [7, 11) is 0. The van der Waals surface area contributed by atoms with Crippen molar-refractivity contribution in [3.8, 4) is 0 Å². The Kier molecular flexibility index (Phi) is 2.15. The van der Waals surface area contributed by atoms with Gasteiger partial charge in [-0.05, 0) is 0 Å². The van der Waals surface area contributed by atoms with E-state index in [0.29, 0.717) is 23.7 Å². The molecule has 3 amide bonds. The molecule has 0 unspecified atom stereocenters. The van der Waals surface area contributed by atoms with E-state index in [1.807, 2.05) is 0 Å². The van der Waals surface area contributed by atoms with E-state index in [1.54, 1.807) is 16.5 Å². The van der Waals surface area contributed by atoms with Crippen LogP contribution in [0.3, 0.4) is 0 Å². The Balaban J connectivity index is 2.11. The number of nitrogens with one attached hydrogen (secondary N) is 1. The summed E-state index contributed by atoms with van der Waals surface area (Å²) < 4.78 is 1.64. The Morgan fingerprint density at radius 2 is 2.17 bits per heavy atom. The van der Waals surface area contributed by atoms with Gasteiger partial charge in [0.25, 0.3) is 0 Å². The highest BCUT2D eigenvalue weighted by Gasteiger charge is 2.26. The van der Waals surface area contributed by atoms with Crippen LogP contribution in [0.5, 0.6) is 0 Å². The minimum atomic E-state index is -0.466. The number of carbonyl (C=O) groups is 2. The first-order valence-electron chi connectivity index (χ1n) is 5.36. The molecule has 0 aliphatic carbocycles. The molecule has 1 aliphatic heterocycles. The average Bonchev–Trinajstić information content (AvgIpc) is 2.76. The number of rotatable bonds is 1. The van der Waals surface area contributed by atoms with Crippen LogP contribution in [-0.4, -0.2) is 33.1 Å². The molecule has 0 spiro atoms. The molecule has 2 aromatic rings. The van der Waals surface area contributed by atoms with E-state index in [2.05, 4.69) is 15.5 Å². The van der Waals surface area contributed by atoms with Gasteiger partial charge in [0.2, 0.25) is 5.91 Å². The lowest BCUT2D eigenvalue weighted by molar-refractivity contribution is -0.120. The zero-order valence-corrected chi connectivity index (χ0v) is 9.33. The highest BCUT2D eigenvalue weighted by Crippen LogP contribution is 2.21. The topological polar surface area (TPSA) is 106 Å². The van der Waals surface area contributed by atoms with Gasteiger partial charge in [-0.3, -0.25) is 19.4 Å². The van der Waals surface area contributed by atoms with Crippen LogP contribution in [0.15, 0.2) is 18.5 Å². The van der Waals surface area contributed by atoms with Gasteiger partial charge in [0.1, 0.15) is 12.1 Å². The standard InChI is InChI=1S/C10H10N6O2/c11-6-3-7-14-12-5-16(7)9(4-6)15-2-1-8(17)13-10(15)18/h3-5H,1-2,11H2,(H,13,17,18). The molecule has 0 atom stereocenters. The van der Waals surface area contributed by atoms with Crippen molar-refractivity contribution in [2.45, 2.75) is 6.42 Å². The van der Waals surface area contributed by atoms with Gasteiger partial charge in [0.05, 0.1) is 0 Å². The normalized spacial score (nSPS) is 16.1. The van der Waals surface area contributed by atoms with E-state index < -0.39 is 6.03 Å². The van der Waals surface area contributed by atoms with Crippen molar-refractivity contribution >= 4 is 29.1 Å². The van der Waals surface area contributed by atoms with Crippen LogP contribution >= 0.6 is 0 Å². The van der Waals surface area contributed by atoms with Gasteiger partial charge in [0.15, 0.2) is 5.65 Å². The first-order chi connectivity index (χ1) is 8.65. The highest BCUT2D eigenvalue weighted by atomic mass is 16.2. The molecule has 0 radical (unpaired) electrons. The summed E-state index contributed by atoms with van der Waals surface area (Å²) in [5.74, 6) is 0.264. The Morgan fingerprint density at radius 1 is 1.33 bits per heavy atom. The lowest BCUT2D eigenvalue weighted by Crippen LogP contribution is -2.50. The van der Waals surface area contributed by atoms with E-state index >= 15 is 0 Å². The van der Waals surface area contributed by atoms with Crippen molar-refractivity contribution in [3.63, 3.8) is 0 Å². The van der Waals surface area contributed by atoms with Crippen molar-refractivity contribution in [2.75, 3.05) is 17.2 Å². The highest BCUT2D eigenvalue weighted by molar-refractivity contribution is 6.05. The summed E-state index contributed by atoms with van der Waals surface area (Å²) in [6.45, 7) is 0.307. The molecule has 3 heterocycles. The molecule has 3 N–H and O–H groups in total. The second-order valence-electron chi connectivity index (χ2n) is 3.96. The van der Waals surface area contributed by atoms with Crippen molar-refractivity contribution in [1.82, 2.24) is 19.9 Å². The van der Waals surface area contributed by atoms with Gasteiger partial charge in [-0.15, -0.1) is 10.2 Å². The second kappa shape index (κ2) is 3.69. The Labute approximate surface area is 101 Å². The SMILES string of the molecule is Nc1cc(N2CCC(=O)NC2=O)n2cnnc2c1. The molecular weight excluding hydrogens is 236 g/mol. The number of nitrogens with two attached hydrogens (primary N) is 1. The predicted molar refractivity (Wildman–Crippen MR) is 62.9 cm³/mol. The summed E-state index contributed by atoms with van der Waals surface area (Å²) in [6, 6.07) is 2.83. The third kappa shape index (κ3) is 1.54. The lowest BCUT2D eigenvalue weighted by Gasteiger charge is -2.27. The smallest absolute Gasteiger partial charge is 0.329 e. The maximum absolute atomic E-state index is 11.8. The number of imide groups is 1. The van der Waals surface area contributed by atoms with Gasteiger partial charge in [0, 0.05) is 30.8 Å². The Hall–Kier alpha value is -2.64. The van der Waals surface area contributed by atoms with Gasteiger partial charge in [-0.1, -0.05) is 0 Å². The Bertz CT molecular complexity index is 649. The van der Waals surface area contributed by atoms with Crippen LogP contribution in [0.2, 0.25) is 0 Å². The molecule has 0 bridgehead atoms. The number of amides is 3. The fourth-order valence-corrected chi connectivity index (χ4v) is 1.92. The number of aromatic nitrogens is 3. The van der Waals surface area contributed by atoms with Crippen LogP contribution in [0.25, 0.3) is 5.65 Å². The van der Waals surface area contributed by atoms with Crippen LogP contribution < -0.4 is 16.0 Å². The zero-order valence-electron chi connectivity index (χ0n) is 9.33. The monoisotopic (exact) mass is 246 g/mol. The number of nitrogens with zero attached hydrogens (tertiary/aromatic N) is 4. The van der Waals surface area contributed by atoms with Gasteiger partial charge in [-0.25, -0.2) is 4.79 Å². The van der Waals surface area contributed by atoms with Gasteiger partial charge < -0.3 is 5.73 Å². The predicted octanol–water partition coefficient (Wildman–Crippen LogP) is -0.242. The second-order valence-corrected chi connectivity index (χ2v) is 3.96. The molecule has 1 saturated heterocycles. The van der Waals surface area contributed by atoms with Crippen LogP contribution in [0, 0.1) is 0 Å². The van der Waals surface area contributed by atoms with Gasteiger partial charge >= 0.3 is 6.03 Å². The number of hydrogen-bond donors (Lipinski definition) is 2. The van der Waals surface area contributed by atoms with Crippen LogP contribution in [0.1, 0.15) is 6.42 Å². The summed E-state index contributed by atoms with van der Waals surface area (Å²) in [4.78, 5) is 24.3. The maximum atomic E-state index is 11.8. The number of hydrogen-bond acceptors (Lipinski definition) is 5. The van der Waals surface area contributed by atoms with E-state index in [9.17, 15) is 9.59 Å². The molecule has 0 aromatic carbocycles. The van der Waals surface area contributed by atoms with E-state index in [4.69, 9.17) is 5.73 Å². The quantitative estimate of drug-likeness (QED) is 0.722.